The van der Waals surface area contributed by atoms with Crippen LogP contribution in [0.15, 0.2) is 24.3 Å². The molecule has 1 aromatic carbocycles. The van der Waals surface area contributed by atoms with Crippen LogP contribution >= 0.6 is 11.3 Å². The lowest BCUT2D eigenvalue weighted by Crippen LogP contribution is -1.91. The van der Waals surface area contributed by atoms with Gasteiger partial charge in [0, 0.05) is 16.1 Å². The van der Waals surface area contributed by atoms with E-state index in [0.717, 1.165) is 0 Å². The van der Waals surface area contributed by atoms with Crippen LogP contribution in [-0.4, -0.2) is 0 Å². The average Bonchev–Trinajstić information content (AvgIpc) is 2.58. The van der Waals surface area contributed by atoms with Crippen molar-refractivity contribution in [1.82, 2.24) is 0 Å². The largest absolute Gasteiger partial charge is 0.326 e. The lowest BCUT2D eigenvalue weighted by molar-refractivity contribution is 0.869. The second-order valence-electron chi connectivity index (χ2n) is 3.87. The van der Waals surface area contributed by atoms with E-state index in [1.807, 2.05) is 0 Å². The van der Waals surface area contributed by atoms with Crippen molar-refractivity contribution in [3.8, 4) is 0 Å². The van der Waals surface area contributed by atoms with Crippen molar-refractivity contribution in [2.75, 3.05) is 0 Å². The van der Waals surface area contributed by atoms with Crippen molar-refractivity contribution >= 4 is 21.4 Å². The maximum absolute atomic E-state index is 5.62. The molecule has 0 bridgehead atoms. The molecule has 1 heterocycles. The van der Waals surface area contributed by atoms with Crippen LogP contribution in [0.2, 0.25) is 0 Å². The van der Waals surface area contributed by atoms with Gasteiger partial charge in [-0.3, -0.25) is 0 Å². The molecule has 1 nitrogen and oxygen atoms in total. The van der Waals surface area contributed by atoms with E-state index in [4.69, 9.17) is 5.73 Å². The SMILES string of the molecule is CC(C)c1ccc2sc(CN)cc2c1. The molecule has 2 aromatic rings. The Bertz CT molecular complexity index is 443. The van der Waals surface area contributed by atoms with Crippen LogP contribution in [-0.2, 0) is 6.54 Å². The van der Waals surface area contributed by atoms with E-state index in [2.05, 4.69) is 38.1 Å². The van der Waals surface area contributed by atoms with Crippen LogP contribution in [0.25, 0.3) is 10.1 Å². The van der Waals surface area contributed by atoms with E-state index in [-0.39, 0.29) is 0 Å². The predicted molar refractivity (Wildman–Crippen MR) is 63.8 cm³/mol. The quantitative estimate of drug-likeness (QED) is 0.798. The monoisotopic (exact) mass is 205 g/mol. The Balaban J connectivity index is 2.54. The van der Waals surface area contributed by atoms with Gasteiger partial charge < -0.3 is 5.73 Å². The van der Waals surface area contributed by atoms with Gasteiger partial charge in [-0.15, -0.1) is 11.3 Å². The van der Waals surface area contributed by atoms with Gasteiger partial charge in [-0.1, -0.05) is 26.0 Å². The molecule has 0 aliphatic rings. The highest BCUT2D eigenvalue weighted by Gasteiger charge is 2.03. The first-order chi connectivity index (χ1) is 6.70. The lowest BCUT2D eigenvalue weighted by Gasteiger charge is -2.03. The zero-order valence-corrected chi connectivity index (χ0v) is 9.40. The third-order valence-electron chi connectivity index (χ3n) is 2.46. The maximum Gasteiger partial charge on any atom is 0.0346 e. The number of benzene rings is 1. The molecule has 2 rings (SSSR count). The molecular weight excluding hydrogens is 190 g/mol. The number of fused-ring (bicyclic) bond motifs is 1. The molecule has 0 radical (unpaired) electrons. The Morgan fingerprint density at radius 2 is 2.07 bits per heavy atom. The summed E-state index contributed by atoms with van der Waals surface area (Å²) in [5, 5.41) is 1.33. The Morgan fingerprint density at radius 3 is 2.71 bits per heavy atom. The molecule has 0 saturated carbocycles. The van der Waals surface area contributed by atoms with E-state index >= 15 is 0 Å². The standard InChI is InChI=1S/C12H15NS/c1-8(2)9-3-4-12-10(5-9)6-11(7-13)14-12/h3-6,8H,7,13H2,1-2H3. The zero-order valence-electron chi connectivity index (χ0n) is 8.58. The second-order valence-corrected chi connectivity index (χ2v) is 5.04. The van der Waals surface area contributed by atoms with Gasteiger partial charge in [0.25, 0.3) is 0 Å². The summed E-state index contributed by atoms with van der Waals surface area (Å²) in [7, 11) is 0. The Morgan fingerprint density at radius 1 is 1.29 bits per heavy atom. The summed E-state index contributed by atoms with van der Waals surface area (Å²) < 4.78 is 1.34. The molecule has 0 fully saturated rings. The first kappa shape index (κ1) is 9.69. The van der Waals surface area contributed by atoms with Crippen molar-refractivity contribution in [2.24, 2.45) is 5.73 Å². The van der Waals surface area contributed by atoms with Crippen molar-refractivity contribution in [3.05, 3.63) is 34.7 Å². The highest BCUT2D eigenvalue weighted by Crippen LogP contribution is 2.28. The van der Waals surface area contributed by atoms with Crippen LogP contribution in [0.1, 0.15) is 30.2 Å². The van der Waals surface area contributed by atoms with Gasteiger partial charge in [0.2, 0.25) is 0 Å². The fourth-order valence-electron chi connectivity index (χ4n) is 1.58. The number of rotatable bonds is 2. The minimum absolute atomic E-state index is 0.598. The number of nitrogens with two attached hydrogens (primary N) is 1. The van der Waals surface area contributed by atoms with Crippen LogP contribution in [0.5, 0.6) is 0 Å². The first-order valence-electron chi connectivity index (χ1n) is 4.93. The van der Waals surface area contributed by atoms with Gasteiger partial charge in [0.15, 0.2) is 0 Å². The summed E-state index contributed by atoms with van der Waals surface area (Å²) in [6.07, 6.45) is 0. The summed E-state index contributed by atoms with van der Waals surface area (Å²) in [4.78, 5) is 1.26. The summed E-state index contributed by atoms with van der Waals surface area (Å²) in [6.45, 7) is 5.09. The van der Waals surface area contributed by atoms with E-state index in [1.54, 1.807) is 11.3 Å². The van der Waals surface area contributed by atoms with Gasteiger partial charge in [-0.2, -0.15) is 0 Å². The second kappa shape index (κ2) is 3.71. The highest BCUT2D eigenvalue weighted by atomic mass is 32.1. The van der Waals surface area contributed by atoms with Crippen LogP contribution in [0, 0.1) is 0 Å². The minimum atomic E-state index is 0.598. The molecule has 74 valence electrons. The van der Waals surface area contributed by atoms with Crippen molar-refractivity contribution in [2.45, 2.75) is 26.3 Å². The smallest absolute Gasteiger partial charge is 0.0346 e. The van der Waals surface area contributed by atoms with Gasteiger partial charge in [0.1, 0.15) is 0 Å². The molecule has 0 aliphatic heterocycles. The third-order valence-corrected chi connectivity index (χ3v) is 3.60. The summed E-state index contributed by atoms with van der Waals surface area (Å²) in [5.74, 6) is 0.598. The number of hydrogen-bond acceptors (Lipinski definition) is 2. The maximum atomic E-state index is 5.62. The molecule has 0 atom stereocenters. The molecule has 0 aliphatic carbocycles. The van der Waals surface area contributed by atoms with E-state index < -0.39 is 0 Å². The third kappa shape index (κ3) is 1.68. The van der Waals surface area contributed by atoms with Crippen LogP contribution in [0.3, 0.4) is 0 Å². The zero-order chi connectivity index (χ0) is 10.1. The fourth-order valence-corrected chi connectivity index (χ4v) is 2.50. The van der Waals surface area contributed by atoms with Crippen LogP contribution < -0.4 is 5.73 Å². The summed E-state index contributed by atoms with van der Waals surface area (Å²) >= 11 is 1.79. The Kier molecular flexibility index (Phi) is 2.57. The average molecular weight is 205 g/mol. The molecule has 2 N–H and O–H groups in total. The minimum Gasteiger partial charge on any atom is -0.326 e. The highest BCUT2D eigenvalue weighted by molar-refractivity contribution is 7.19. The van der Waals surface area contributed by atoms with Gasteiger partial charge >= 0.3 is 0 Å². The molecule has 0 saturated heterocycles. The molecule has 14 heavy (non-hydrogen) atoms. The Labute approximate surface area is 88.6 Å². The van der Waals surface area contributed by atoms with Gasteiger partial charge in [0.05, 0.1) is 0 Å². The van der Waals surface area contributed by atoms with Gasteiger partial charge in [-0.25, -0.2) is 0 Å². The predicted octanol–water partition coefficient (Wildman–Crippen LogP) is 3.48. The van der Waals surface area contributed by atoms with Gasteiger partial charge in [-0.05, 0) is 29.0 Å². The van der Waals surface area contributed by atoms with Crippen molar-refractivity contribution in [1.29, 1.82) is 0 Å². The van der Waals surface area contributed by atoms with E-state index in [0.29, 0.717) is 12.5 Å². The normalized spacial score (nSPS) is 11.4. The first-order valence-corrected chi connectivity index (χ1v) is 5.75. The van der Waals surface area contributed by atoms with Crippen molar-refractivity contribution in [3.63, 3.8) is 0 Å². The molecule has 0 amide bonds. The summed E-state index contributed by atoms with van der Waals surface area (Å²) in [6, 6.07) is 8.89. The van der Waals surface area contributed by atoms with E-state index in [9.17, 15) is 0 Å². The molecule has 0 unspecified atom stereocenters. The molecule has 2 heteroatoms. The Hall–Kier alpha value is -0.860. The van der Waals surface area contributed by atoms with Crippen molar-refractivity contribution < 1.29 is 0 Å². The topological polar surface area (TPSA) is 26.0 Å². The number of hydrogen-bond donors (Lipinski definition) is 1. The fraction of sp³-hybridized carbons (Fsp3) is 0.333. The molecule has 0 spiro atoms. The molecule has 1 aromatic heterocycles. The number of thiophene rings is 1. The molecular formula is C12H15NS. The summed E-state index contributed by atoms with van der Waals surface area (Å²) in [5.41, 5.74) is 7.02. The van der Waals surface area contributed by atoms with E-state index in [1.165, 1.54) is 20.5 Å². The van der Waals surface area contributed by atoms with Crippen LogP contribution in [0.4, 0.5) is 0 Å². The lowest BCUT2D eigenvalue weighted by atomic mass is 10.0.